The lowest BCUT2D eigenvalue weighted by Gasteiger charge is -2.50. The molecular weight excluding hydrogens is 332 g/mol. The molecule has 0 radical (unpaired) electrons. The second-order valence-electron chi connectivity index (χ2n) is 7.77. The summed E-state index contributed by atoms with van der Waals surface area (Å²) in [5.41, 5.74) is 2.30. The minimum atomic E-state index is 0.0287. The van der Waals surface area contributed by atoms with E-state index in [2.05, 4.69) is 90.6 Å². The van der Waals surface area contributed by atoms with Gasteiger partial charge in [0.2, 0.25) is 11.9 Å². The molecule has 0 aromatic heterocycles. The van der Waals surface area contributed by atoms with Gasteiger partial charge in [0.25, 0.3) is 0 Å². The maximum absolute atomic E-state index is 6.54. The molecule has 0 spiro atoms. The van der Waals surface area contributed by atoms with Crippen LogP contribution in [0.4, 0.5) is 5.69 Å². The van der Waals surface area contributed by atoms with E-state index in [-0.39, 0.29) is 5.54 Å². The lowest BCUT2D eigenvalue weighted by atomic mass is 9.66. The number of fused-ring (bicyclic) bond motifs is 2. The highest BCUT2D eigenvalue weighted by atomic mass is 16.7. The number of rotatable bonds is 3. The summed E-state index contributed by atoms with van der Waals surface area (Å²) in [5.74, 6) is 1.53. The van der Waals surface area contributed by atoms with E-state index in [0.717, 1.165) is 29.8 Å². The van der Waals surface area contributed by atoms with Crippen molar-refractivity contribution in [3.05, 3.63) is 72.3 Å². The van der Waals surface area contributed by atoms with Crippen LogP contribution in [0.3, 0.4) is 0 Å². The van der Waals surface area contributed by atoms with Gasteiger partial charge in [0, 0.05) is 11.2 Å². The normalized spacial score (nSPS) is 24.0. The summed E-state index contributed by atoms with van der Waals surface area (Å²) in [5, 5.41) is 4.64. The standard InChI is InChI=1S/C24H25N2O/c1-3-24(16-15-18(24)2)26-25(17-20-10-5-7-14-23(20)27-26)22-13-8-11-19-9-4-6-12-21(19)22/h4-14,17-18H,3,15-16H2,1-2H3/q+1. The van der Waals surface area contributed by atoms with Crippen molar-refractivity contribution < 1.29 is 9.52 Å². The van der Waals surface area contributed by atoms with Gasteiger partial charge in [0.1, 0.15) is 5.54 Å². The maximum Gasteiger partial charge on any atom is 0.246 e. The Morgan fingerprint density at radius 2 is 1.81 bits per heavy atom. The van der Waals surface area contributed by atoms with Crippen molar-refractivity contribution in [2.45, 2.75) is 38.6 Å². The summed E-state index contributed by atoms with van der Waals surface area (Å²) in [4.78, 5) is 6.54. The van der Waals surface area contributed by atoms with Gasteiger partial charge in [-0.15, -0.1) is 0 Å². The van der Waals surface area contributed by atoms with E-state index >= 15 is 0 Å². The monoisotopic (exact) mass is 357 g/mol. The number of hydrogen-bond donors (Lipinski definition) is 0. The van der Waals surface area contributed by atoms with Crippen molar-refractivity contribution in [3.8, 4) is 5.75 Å². The molecule has 5 rings (SSSR count). The molecule has 136 valence electrons. The van der Waals surface area contributed by atoms with Crippen LogP contribution in [0.5, 0.6) is 5.75 Å². The van der Waals surface area contributed by atoms with Gasteiger partial charge in [0.15, 0.2) is 5.75 Å². The largest absolute Gasteiger partial charge is 0.331 e. The van der Waals surface area contributed by atoms with Gasteiger partial charge in [-0.1, -0.05) is 56.3 Å². The van der Waals surface area contributed by atoms with E-state index < -0.39 is 0 Å². The molecule has 2 unspecified atom stereocenters. The highest BCUT2D eigenvalue weighted by Gasteiger charge is 2.55. The smallest absolute Gasteiger partial charge is 0.246 e. The number of nitrogens with zero attached hydrogens (tertiary/aromatic N) is 2. The third-order valence-corrected chi connectivity index (χ3v) is 6.50. The number of hydroxylamine groups is 1. The molecule has 2 aliphatic rings. The molecule has 1 aliphatic carbocycles. The Morgan fingerprint density at radius 3 is 2.59 bits per heavy atom. The summed E-state index contributed by atoms with van der Waals surface area (Å²) < 4.78 is 2.24. The van der Waals surface area contributed by atoms with E-state index in [1.807, 2.05) is 6.07 Å². The van der Waals surface area contributed by atoms with Crippen molar-refractivity contribution in [2.75, 3.05) is 0 Å². The molecule has 0 bridgehead atoms. The summed E-state index contributed by atoms with van der Waals surface area (Å²) in [6, 6.07) is 23.3. The molecule has 0 saturated heterocycles. The summed E-state index contributed by atoms with van der Waals surface area (Å²) in [7, 11) is 0. The predicted molar refractivity (Wildman–Crippen MR) is 109 cm³/mol. The van der Waals surface area contributed by atoms with Crippen LogP contribution in [0.25, 0.3) is 10.8 Å². The molecule has 3 nitrogen and oxygen atoms in total. The first-order chi connectivity index (χ1) is 13.2. The summed E-state index contributed by atoms with van der Waals surface area (Å²) in [6.45, 7) is 4.62. The molecule has 2 atom stereocenters. The van der Waals surface area contributed by atoms with Crippen molar-refractivity contribution in [3.63, 3.8) is 0 Å². The van der Waals surface area contributed by atoms with E-state index in [9.17, 15) is 0 Å². The van der Waals surface area contributed by atoms with Gasteiger partial charge >= 0.3 is 0 Å². The van der Waals surface area contributed by atoms with Gasteiger partial charge in [0.05, 0.1) is 10.9 Å². The third kappa shape index (κ3) is 2.38. The van der Waals surface area contributed by atoms with Crippen molar-refractivity contribution in [1.82, 2.24) is 5.17 Å². The second-order valence-corrected chi connectivity index (χ2v) is 7.77. The highest BCUT2D eigenvalue weighted by Crippen LogP contribution is 2.48. The molecule has 27 heavy (non-hydrogen) atoms. The van der Waals surface area contributed by atoms with Crippen LogP contribution in [0, 0.1) is 5.92 Å². The summed E-state index contributed by atoms with van der Waals surface area (Å²) >= 11 is 0. The number of hydrazine groups is 1. The average molecular weight is 357 g/mol. The van der Waals surface area contributed by atoms with E-state index in [1.54, 1.807) is 0 Å². The fraction of sp³-hybridized carbons (Fsp3) is 0.292. The van der Waals surface area contributed by atoms with Gasteiger partial charge in [-0.3, -0.25) is 0 Å². The SMILES string of the molecule is CCC1(N2Oc3ccccc3C=[N+]2c2cccc3ccccc23)CCC1C. The van der Waals surface area contributed by atoms with Crippen molar-refractivity contribution in [1.29, 1.82) is 0 Å². The Kier molecular flexibility index (Phi) is 3.71. The first kappa shape index (κ1) is 16.4. The molecule has 0 amide bonds. The van der Waals surface area contributed by atoms with Crippen molar-refractivity contribution >= 4 is 22.7 Å². The molecular formula is C24H25N2O+. The highest BCUT2D eigenvalue weighted by molar-refractivity contribution is 5.92. The van der Waals surface area contributed by atoms with Gasteiger partial charge in [-0.2, -0.15) is 0 Å². The Morgan fingerprint density at radius 1 is 1.04 bits per heavy atom. The van der Waals surface area contributed by atoms with Crippen LogP contribution in [0.2, 0.25) is 0 Å². The quantitative estimate of drug-likeness (QED) is 0.558. The Hall–Kier alpha value is -2.81. The molecule has 0 N–H and O–H groups in total. The van der Waals surface area contributed by atoms with Gasteiger partial charge in [-0.25, -0.2) is 0 Å². The van der Waals surface area contributed by atoms with E-state index in [0.29, 0.717) is 5.92 Å². The molecule has 3 heteroatoms. The molecule has 1 heterocycles. The van der Waals surface area contributed by atoms with Crippen LogP contribution < -0.4 is 4.84 Å². The maximum atomic E-state index is 6.54. The first-order valence-corrected chi connectivity index (χ1v) is 9.92. The number of hydrogen-bond acceptors (Lipinski definition) is 2. The van der Waals surface area contributed by atoms with Crippen LogP contribution in [-0.2, 0) is 0 Å². The molecule has 1 aliphatic heterocycles. The average Bonchev–Trinajstić information content (AvgIpc) is 2.72. The van der Waals surface area contributed by atoms with E-state index in [4.69, 9.17) is 4.84 Å². The van der Waals surface area contributed by atoms with Crippen LogP contribution >= 0.6 is 0 Å². The van der Waals surface area contributed by atoms with Crippen LogP contribution in [-0.4, -0.2) is 21.6 Å². The van der Waals surface area contributed by atoms with E-state index in [1.165, 1.54) is 17.2 Å². The minimum absolute atomic E-state index is 0.0287. The predicted octanol–water partition coefficient (Wildman–Crippen LogP) is 5.71. The number of benzene rings is 3. The Balaban J connectivity index is 1.74. The van der Waals surface area contributed by atoms with Gasteiger partial charge < -0.3 is 4.84 Å². The Labute approximate surface area is 160 Å². The lowest BCUT2D eigenvalue weighted by Crippen LogP contribution is -2.63. The number of hydrazone groups is 1. The van der Waals surface area contributed by atoms with Crippen LogP contribution in [0.1, 0.15) is 38.7 Å². The lowest BCUT2D eigenvalue weighted by molar-refractivity contribution is -0.718. The molecule has 3 aromatic rings. The number of para-hydroxylation sites is 1. The third-order valence-electron chi connectivity index (χ3n) is 6.50. The molecule has 1 saturated carbocycles. The first-order valence-electron chi connectivity index (χ1n) is 9.92. The molecule has 3 aromatic carbocycles. The van der Waals surface area contributed by atoms with Gasteiger partial charge in [-0.05, 0) is 53.5 Å². The Bertz CT molecular complexity index is 1030. The fourth-order valence-corrected chi connectivity index (χ4v) is 4.58. The minimum Gasteiger partial charge on any atom is -0.331 e. The van der Waals surface area contributed by atoms with Crippen molar-refractivity contribution in [2.24, 2.45) is 5.92 Å². The zero-order valence-electron chi connectivity index (χ0n) is 15.9. The second kappa shape index (κ2) is 6.12. The zero-order chi connectivity index (χ0) is 18.4. The zero-order valence-corrected chi connectivity index (χ0v) is 15.9. The topological polar surface area (TPSA) is 15.5 Å². The fourth-order valence-electron chi connectivity index (χ4n) is 4.58. The summed E-state index contributed by atoms with van der Waals surface area (Å²) in [6.07, 6.45) is 5.69. The van der Waals surface area contributed by atoms with Crippen LogP contribution in [0.15, 0.2) is 66.7 Å². The molecule has 1 fully saturated rings.